The molecular formula is C14H16N4O2. The summed E-state index contributed by atoms with van der Waals surface area (Å²) >= 11 is 0. The highest BCUT2D eigenvalue weighted by Gasteiger charge is 2.04. The summed E-state index contributed by atoms with van der Waals surface area (Å²) in [6.07, 6.45) is 2.86. The number of H-pyrrole nitrogens is 1. The van der Waals surface area contributed by atoms with Gasteiger partial charge in [0.1, 0.15) is 0 Å². The summed E-state index contributed by atoms with van der Waals surface area (Å²) in [7, 11) is 0. The van der Waals surface area contributed by atoms with Crippen LogP contribution >= 0.6 is 0 Å². The minimum Gasteiger partial charge on any atom is -0.408 e. The monoisotopic (exact) mass is 272 g/mol. The van der Waals surface area contributed by atoms with Crippen LogP contribution in [0.2, 0.25) is 0 Å². The standard InChI is InChI=1S/C14H16N4O2/c1-2-7-18-11(5-6-16-18)9-15-10-3-4-13-12(8-10)17-14(19)20-13/h3-6,8,15H,2,7,9H2,1H3,(H,17,19). The Balaban J connectivity index is 1.75. The van der Waals surface area contributed by atoms with Crippen LogP contribution in [0.4, 0.5) is 5.69 Å². The van der Waals surface area contributed by atoms with E-state index in [9.17, 15) is 4.79 Å². The van der Waals surface area contributed by atoms with Gasteiger partial charge in [-0.1, -0.05) is 6.92 Å². The van der Waals surface area contributed by atoms with Crippen molar-refractivity contribution in [2.24, 2.45) is 0 Å². The molecule has 0 spiro atoms. The van der Waals surface area contributed by atoms with Crippen molar-refractivity contribution >= 4 is 16.8 Å². The number of anilines is 1. The highest BCUT2D eigenvalue weighted by atomic mass is 16.4. The van der Waals surface area contributed by atoms with Crippen molar-refractivity contribution in [2.45, 2.75) is 26.4 Å². The van der Waals surface area contributed by atoms with E-state index < -0.39 is 5.76 Å². The molecule has 3 aromatic rings. The number of nitrogens with zero attached hydrogens (tertiary/aromatic N) is 2. The summed E-state index contributed by atoms with van der Waals surface area (Å²) in [5.74, 6) is -0.432. The zero-order chi connectivity index (χ0) is 13.9. The predicted octanol–water partition coefficient (Wildman–Crippen LogP) is 2.34. The molecule has 0 amide bonds. The van der Waals surface area contributed by atoms with Gasteiger partial charge < -0.3 is 9.73 Å². The zero-order valence-corrected chi connectivity index (χ0v) is 11.2. The molecule has 6 heteroatoms. The van der Waals surface area contributed by atoms with Gasteiger partial charge in [-0.2, -0.15) is 5.10 Å². The van der Waals surface area contributed by atoms with E-state index in [0.29, 0.717) is 17.6 Å². The number of rotatable bonds is 5. The van der Waals surface area contributed by atoms with Crippen molar-refractivity contribution in [1.29, 1.82) is 0 Å². The number of oxazole rings is 1. The molecule has 3 rings (SSSR count). The fourth-order valence-corrected chi connectivity index (χ4v) is 2.18. The molecule has 0 radical (unpaired) electrons. The molecule has 2 aromatic heterocycles. The number of nitrogens with one attached hydrogen (secondary N) is 2. The van der Waals surface area contributed by atoms with Gasteiger partial charge in [-0.3, -0.25) is 9.67 Å². The highest BCUT2D eigenvalue weighted by molar-refractivity contribution is 5.76. The minimum atomic E-state index is -0.432. The normalized spacial score (nSPS) is 11.1. The average molecular weight is 272 g/mol. The molecule has 0 aliphatic carbocycles. The number of hydrogen-bond acceptors (Lipinski definition) is 4. The second kappa shape index (κ2) is 5.24. The van der Waals surface area contributed by atoms with Crippen LogP contribution in [-0.2, 0) is 13.1 Å². The van der Waals surface area contributed by atoms with Gasteiger partial charge in [0.15, 0.2) is 5.58 Å². The Morgan fingerprint density at radius 1 is 1.40 bits per heavy atom. The van der Waals surface area contributed by atoms with Gasteiger partial charge >= 0.3 is 5.76 Å². The summed E-state index contributed by atoms with van der Waals surface area (Å²) in [6.45, 7) is 3.73. The van der Waals surface area contributed by atoms with Gasteiger partial charge in [0.25, 0.3) is 0 Å². The molecule has 0 fully saturated rings. The summed E-state index contributed by atoms with van der Waals surface area (Å²) < 4.78 is 6.96. The van der Waals surface area contributed by atoms with Gasteiger partial charge in [0.05, 0.1) is 17.8 Å². The maximum absolute atomic E-state index is 11.1. The summed E-state index contributed by atoms with van der Waals surface area (Å²) in [5, 5.41) is 7.61. The Morgan fingerprint density at radius 3 is 3.15 bits per heavy atom. The van der Waals surface area contributed by atoms with E-state index in [1.807, 2.05) is 29.1 Å². The Hall–Kier alpha value is -2.50. The van der Waals surface area contributed by atoms with E-state index in [2.05, 4.69) is 22.3 Å². The van der Waals surface area contributed by atoms with Crippen molar-refractivity contribution in [1.82, 2.24) is 14.8 Å². The van der Waals surface area contributed by atoms with Crippen molar-refractivity contribution in [3.63, 3.8) is 0 Å². The Kier molecular flexibility index (Phi) is 3.28. The van der Waals surface area contributed by atoms with Crippen molar-refractivity contribution in [2.75, 3.05) is 5.32 Å². The molecule has 6 nitrogen and oxygen atoms in total. The molecule has 0 unspecified atom stereocenters. The van der Waals surface area contributed by atoms with Crippen LogP contribution in [0.3, 0.4) is 0 Å². The first-order chi connectivity index (χ1) is 9.76. The largest absolute Gasteiger partial charge is 0.417 e. The van der Waals surface area contributed by atoms with Crippen LogP contribution in [0.1, 0.15) is 19.0 Å². The number of aromatic amines is 1. The second-order valence-electron chi connectivity index (χ2n) is 4.62. The third-order valence-electron chi connectivity index (χ3n) is 3.13. The summed E-state index contributed by atoms with van der Waals surface area (Å²) in [5.41, 5.74) is 3.32. The van der Waals surface area contributed by atoms with Crippen molar-refractivity contribution < 1.29 is 4.42 Å². The summed E-state index contributed by atoms with van der Waals surface area (Å²) in [4.78, 5) is 13.8. The molecule has 0 saturated heterocycles. The van der Waals surface area contributed by atoms with Gasteiger partial charge in [-0.05, 0) is 30.7 Å². The highest BCUT2D eigenvalue weighted by Crippen LogP contribution is 2.16. The van der Waals surface area contributed by atoms with Crippen LogP contribution in [-0.4, -0.2) is 14.8 Å². The Labute approximate surface area is 115 Å². The lowest BCUT2D eigenvalue weighted by Gasteiger charge is -2.08. The third-order valence-corrected chi connectivity index (χ3v) is 3.13. The molecular weight excluding hydrogens is 256 g/mol. The van der Waals surface area contributed by atoms with Crippen LogP contribution < -0.4 is 11.1 Å². The smallest absolute Gasteiger partial charge is 0.408 e. The first-order valence-electron chi connectivity index (χ1n) is 6.63. The Bertz CT molecular complexity index is 769. The fraction of sp³-hybridized carbons (Fsp3) is 0.286. The van der Waals surface area contributed by atoms with E-state index >= 15 is 0 Å². The lowest BCUT2D eigenvalue weighted by molar-refractivity contribution is 0.555. The maximum atomic E-state index is 11.1. The number of aryl methyl sites for hydroxylation is 1. The first kappa shape index (κ1) is 12.5. The molecule has 20 heavy (non-hydrogen) atoms. The molecule has 1 aromatic carbocycles. The van der Waals surface area contributed by atoms with Crippen molar-refractivity contribution in [3.8, 4) is 0 Å². The van der Waals surface area contributed by atoms with E-state index in [1.165, 1.54) is 0 Å². The van der Waals surface area contributed by atoms with E-state index in [0.717, 1.165) is 24.3 Å². The zero-order valence-electron chi connectivity index (χ0n) is 11.2. The second-order valence-corrected chi connectivity index (χ2v) is 4.62. The van der Waals surface area contributed by atoms with Gasteiger partial charge in [-0.15, -0.1) is 0 Å². The lowest BCUT2D eigenvalue weighted by Crippen LogP contribution is -2.08. The Morgan fingerprint density at radius 2 is 2.30 bits per heavy atom. The molecule has 0 aliphatic heterocycles. The molecule has 0 aliphatic rings. The average Bonchev–Trinajstić information content (AvgIpc) is 3.01. The number of aromatic nitrogens is 3. The first-order valence-corrected chi connectivity index (χ1v) is 6.63. The van der Waals surface area contributed by atoms with E-state index in [-0.39, 0.29) is 0 Å². The van der Waals surface area contributed by atoms with Crippen LogP contribution in [0.25, 0.3) is 11.1 Å². The molecule has 0 saturated carbocycles. The van der Waals surface area contributed by atoms with Crippen LogP contribution in [0, 0.1) is 0 Å². The number of hydrogen-bond donors (Lipinski definition) is 2. The van der Waals surface area contributed by atoms with E-state index in [1.54, 1.807) is 6.07 Å². The minimum absolute atomic E-state index is 0.432. The van der Waals surface area contributed by atoms with E-state index in [4.69, 9.17) is 4.42 Å². The molecule has 0 bridgehead atoms. The number of fused-ring (bicyclic) bond motifs is 1. The van der Waals surface area contributed by atoms with Gasteiger partial charge in [-0.25, -0.2) is 4.79 Å². The van der Waals surface area contributed by atoms with Gasteiger partial charge in [0, 0.05) is 18.4 Å². The maximum Gasteiger partial charge on any atom is 0.417 e. The van der Waals surface area contributed by atoms with Crippen LogP contribution in [0.5, 0.6) is 0 Å². The topological polar surface area (TPSA) is 75.8 Å². The molecule has 2 heterocycles. The van der Waals surface area contributed by atoms with Crippen LogP contribution in [0.15, 0.2) is 39.7 Å². The SMILES string of the molecule is CCCn1nccc1CNc1ccc2oc(=O)[nH]c2c1. The quantitative estimate of drug-likeness (QED) is 0.747. The lowest BCUT2D eigenvalue weighted by atomic mass is 10.3. The fourth-order valence-electron chi connectivity index (χ4n) is 2.18. The molecule has 2 N–H and O–H groups in total. The molecule has 104 valence electrons. The predicted molar refractivity (Wildman–Crippen MR) is 76.7 cm³/mol. The number of benzene rings is 1. The van der Waals surface area contributed by atoms with Gasteiger partial charge in [0.2, 0.25) is 0 Å². The molecule has 0 atom stereocenters. The third kappa shape index (κ3) is 2.45. The van der Waals surface area contributed by atoms with Crippen molar-refractivity contribution in [3.05, 3.63) is 46.7 Å². The summed E-state index contributed by atoms with van der Waals surface area (Å²) in [6, 6.07) is 7.53.